The summed E-state index contributed by atoms with van der Waals surface area (Å²) in [5.74, 6) is 2.50. The summed E-state index contributed by atoms with van der Waals surface area (Å²) in [4.78, 5) is 12.5. The highest BCUT2D eigenvalue weighted by atomic mass is 16.3. The molecular formula is C24H30O2. The number of aliphatic hydroxyl groups excluding tert-OH is 1. The summed E-state index contributed by atoms with van der Waals surface area (Å²) in [5.41, 5.74) is 5.51. The Kier molecular flexibility index (Phi) is 3.90. The van der Waals surface area contributed by atoms with Crippen molar-refractivity contribution in [1.29, 1.82) is 0 Å². The molecule has 0 radical (unpaired) electrons. The molecule has 0 aliphatic heterocycles. The highest BCUT2D eigenvalue weighted by molar-refractivity contribution is 5.87. The van der Waals surface area contributed by atoms with Gasteiger partial charge < -0.3 is 5.11 Å². The molecule has 5 atom stereocenters. The number of hydrogen-bond acceptors (Lipinski definition) is 2. The lowest BCUT2D eigenvalue weighted by Gasteiger charge is -2.48. The van der Waals surface area contributed by atoms with Gasteiger partial charge in [-0.3, -0.25) is 4.79 Å². The standard InChI is InChI=1S/C24H30O2/c1-24-12-11-19-18-7-5-15(14-17-3-2-4-22(17)25)13-16(18)6-8-20(19)21(24)9-10-23(24)26/h5,7,13-14,19-22,25H,2-4,6,8-12H2,1H3/b17-14-/t19-,20-,21+,22?,24+/m1/s1. The second-order valence-electron chi connectivity index (χ2n) is 9.42. The molecule has 0 bridgehead atoms. The van der Waals surface area contributed by atoms with Crippen LogP contribution in [-0.4, -0.2) is 17.0 Å². The molecule has 5 rings (SSSR count). The zero-order chi connectivity index (χ0) is 17.9. The number of Topliss-reactive ketones (excluding diaryl/α,β-unsaturated/α-hetero) is 1. The maximum atomic E-state index is 12.5. The van der Waals surface area contributed by atoms with Gasteiger partial charge in [0.2, 0.25) is 0 Å². The Balaban J connectivity index is 1.44. The molecule has 0 aromatic heterocycles. The van der Waals surface area contributed by atoms with Gasteiger partial charge in [0.25, 0.3) is 0 Å². The van der Waals surface area contributed by atoms with Crippen LogP contribution in [0, 0.1) is 17.3 Å². The maximum Gasteiger partial charge on any atom is 0.139 e. The molecule has 26 heavy (non-hydrogen) atoms. The molecule has 4 aliphatic carbocycles. The summed E-state index contributed by atoms with van der Waals surface area (Å²) in [6, 6.07) is 6.99. The lowest BCUT2D eigenvalue weighted by atomic mass is 9.55. The number of aliphatic hydroxyl groups is 1. The van der Waals surface area contributed by atoms with Crippen LogP contribution in [0.15, 0.2) is 23.8 Å². The molecule has 1 aromatic carbocycles. The first-order valence-electron chi connectivity index (χ1n) is 10.6. The molecule has 1 aromatic rings. The second kappa shape index (κ2) is 6.05. The van der Waals surface area contributed by atoms with Crippen molar-refractivity contribution in [2.24, 2.45) is 17.3 Å². The van der Waals surface area contributed by atoms with Crippen molar-refractivity contribution in [3.63, 3.8) is 0 Å². The predicted octanol–water partition coefficient (Wildman–Crippen LogP) is 5.04. The van der Waals surface area contributed by atoms with Crippen molar-refractivity contribution in [3.05, 3.63) is 40.5 Å². The number of fused-ring (bicyclic) bond motifs is 5. The van der Waals surface area contributed by atoms with Gasteiger partial charge in [-0.1, -0.05) is 31.2 Å². The minimum Gasteiger partial charge on any atom is -0.389 e. The monoisotopic (exact) mass is 350 g/mol. The first-order valence-corrected chi connectivity index (χ1v) is 10.6. The second-order valence-corrected chi connectivity index (χ2v) is 9.42. The van der Waals surface area contributed by atoms with Crippen molar-refractivity contribution >= 4 is 11.9 Å². The normalized spacial score (nSPS) is 40.4. The number of aryl methyl sites for hydroxylation is 1. The molecule has 3 fully saturated rings. The summed E-state index contributed by atoms with van der Waals surface area (Å²) in [5, 5.41) is 10.1. The fourth-order valence-corrected chi connectivity index (χ4v) is 6.70. The van der Waals surface area contributed by atoms with Gasteiger partial charge in [0.05, 0.1) is 6.10 Å². The highest BCUT2D eigenvalue weighted by Gasteiger charge is 2.54. The van der Waals surface area contributed by atoms with E-state index in [9.17, 15) is 9.90 Å². The maximum absolute atomic E-state index is 12.5. The number of benzene rings is 1. The molecule has 1 unspecified atom stereocenters. The molecule has 0 spiro atoms. The molecule has 138 valence electrons. The van der Waals surface area contributed by atoms with Crippen molar-refractivity contribution in [3.8, 4) is 0 Å². The molecule has 1 N–H and O–H groups in total. The van der Waals surface area contributed by atoms with E-state index in [1.807, 2.05) is 0 Å². The summed E-state index contributed by atoms with van der Waals surface area (Å²) in [6.45, 7) is 2.25. The van der Waals surface area contributed by atoms with E-state index in [2.05, 4.69) is 31.2 Å². The summed E-state index contributed by atoms with van der Waals surface area (Å²) in [7, 11) is 0. The van der Waals surface area contributed by atoms with Gasteiger partial charge >= 0.3 is 0 Å². The lowest BCUT2D eigenvalue weighted by molar-refractivity contribution is -0.129. The van der Waals surface area contributed by atoms with Crippen LogP contribution in [0.3, 0.4) is 0 Å². The third-order valence-corrected chi connectivity index (χ3v) is 8.18. The topological polar surface area (TPSA) is 37.3 Å². The fraction of sp³-hybridized carbons (Fsp3) is 0.625. The number of hydrogen-bond donors (Lipinski definition) is 1. The average molecular weight is 351 g/mol. The molecular weight excluding hydrogens is 320 g/mol. The average Bonchev–Trinajstić information content (AvgIpc) is 3.18. The SMILES string of the molecule is C[C@]12CC[C@@H]3c4ccc(/C=C5/CCCC5O)cc4CC[C@H]3[C@@H]1CCC2=O. The van der Waals surface area contributed by atoms with E-state index in [4.69, 9.17) is 0 Å². The molecule has 0 amide bonds. The van der Waals surface area contributed by atoms with E-state index in [0.29, 0.717) is 23.5 Å². The van der Waals surface area contributed by atoms with Crippen molar-refractivity contribution in [1.82, 2.24) is 0 Å². The smallest absolute Gasteiger partial charge is 0.139 e. The van der Waals surface area contributed by atoms with Crippen LogP contribution in [0.4, 0.5) is 0 Å². The van der Waals surface area contributed by atoms with Gasteiger partial charge in [-0.05, 0) is 91.4 Å². The molecule has 4 aliphatic rings. The van der Waals surface area contributed by atoms with Gasteiger partial charge in [0, 0.05) is 11.8 Å². The molecule has 0 heterocycles. The van der Waals surface area contributed by atoms with Crippen molar-refractivity contribution in [2.45, 2.75) is 76.7 Å². The van der Waals surface area contributed by atoms with E-state index < -0.39 is 0 Å². The van der Waals surface area contributed by atoms with E-state index in [0.717, 1.165) is 44.9 Å². The molecule has 2 heteroatoms. The van der Waals surface area contributed by atoms with Gasteiger partial charge in [0.1, 0.15) is 5.78 Å². The zero-order valence-electron chi connectivity index (χ0n) is 15.8. The third-order valence-electron chi connectivity index (χ3n) is 8.18. The first-order chi connectivity index (χ1) is 12.6. The van der Waals surface area contributed by atoms with Crippen LogP contribution in [0.2, 0.25) is 0 Å². The Morgan fingerprint density at radius 2 is 2.00 bits per heavy atom. The predicted molar refractivity (Wildman–Crippen MR) is 104 cm³/mol. The van der Waals surface area contributed by atoms with E-state index in [1.165, 1.54) is 29.5 Å². The van der Waals surface area contributed by atoms with Crippen LogP contribution in [-0.2, 0) is 11.2 Å². The Bertz CT molecular complexity index is 776. The van der Waals surface area contributed by atoms with E-state index >= 15 is 0 Å². The Labute approximate surface area is 156 Å². The van der Waals surface area contributed by atoms with Crippen LogP contribution in [0.25, 0.3) is 6.08 Å². The van der Waals surface area contributed by atoms with E-state index in [1.54, 1.807) is 5.56 Å². The van der Waals surface area contributed by atoms with Crippen molar-refractivity contribution < 1.29 is 9.90 Å². The van der Waals surface area contributed by atoms with Crippen LogP contribution in [0.5, 0.6) is 0 Å². The molecule has 0 saturated heterocycles. The summed E-state index contributed by atoms with van der Waals surface area (Å²) in [6.07, 6.45) is 11.6. The van der Waals surface area contributed by atoms with Crippen LogP contribution in [0.1, 0.15) is 80.9 Å². The zero-order valence-corrected chi connectivity index (χ0v) is 15.8. The fourth-order valence-electron chi connectivity index (χ4n) is 6.70. The summed E-state index contributed by atoms with van der Waals surface area (Å²) >= 11 is 0. The highest BCUT2D eigenvalue weighted by Crippen LogP contribution is 2.59. The Morgan fingerprint density at radius 3 is 2.81 bits per heavy atom. The quantitative estimate of drug-likeness (QED) is 0.770. The molecule has 3 saturated carbocycles. The third kappa shape index (κ3) is 2.45. The van der Waals surface area contributed by atoms with Crippen LogP contribution < -0.4 is 0 Å². The number of carbonyl (C=O) groups is 1. The Morgan fingerprint density at radius 1 is 1.12 bits per heavy atom. The molecule has 2 nitrogen and oxygen atoms in total. The minimum atomic E-state index is -0.230. The number of ketones is 1. The van der Waals surface area contributed by atoms with Gasteiger partial charge in [-0.2, -0.15) is 0 Å². The van der Waals surface area contributed by atoms with Gasteiger partial charge in [-0.15, -0.1) is 0 Å². The number of rotatable bonds is 1. The summed E-state index contributed by atoms with van der Waals surface area (Å²) < 4.78 is 0. The van der Waals surface area contributed by atoms with Crippen molar-refractivity contribution in [2.75, 3.05) is 0 Å². The number of carbonyl (C=O) groups excluding carboxylic acids is 1. The lowest BCUT2D eigenvalue weighted by Crippen LogP contribution is -2.42. The van der Waals surface area contributed by atoms with E-state index in [-0.39, 0.29) is 11.5 Å². The minimum absolute atomic E-state index is 0.0262. The van der Waals surface area contributed by atoms with Gasteiger partial charge in [0.15, 0.2) is 0 Å². The first kappa shape index (κ1) is 16.7. The van der Waals surface area contributed by atoms with Crippen LogP contribution >= 0.6 is 0 Å². The Hall–Kier alpha value is -1.41. The largest absolute Gasteiger partial charge is 0.389 e. The van der Waals surface area contributed by atoms with Gasteiger partial charge in [-0.25, -0.2) is 0 Å².